The number of nitro groups is 1. The summed E-state index contributed by atoms with van der Waals surface area (Å²) < 4.78 is 50.7. The van der Waals surface area contributed by atoms with Crippen LogP contribution in [0.1, 0.15) is 6.92 Å². The van der Waals surface area contributed by atoms with Crippen molar-refractivity contribution in [2.24, 2.45) is 0 Å². The predicted molar refractivity (Wildman–Crippen MR) is 76.0 cm³/mol. The topological polar surface area (TPSA) is 121 Å². The molecule has 0 aliphatic carbocycles. The molecule has 0 bridgehead atoms. The van der Waals surface area contributed by atoms with E-state index in [0.29, 0.717) is 0 Å². The molecule has 0 saturated carbocycles. The predicted octanol–water partition coefficient (Wildman–Crippen LogP) is 1.34. The highest BCUT2D eigenvalue weighted by Crippen LogP contribution is 2.26. The molecule has 0 spiro atoms. The van der Waals surface area contributed by atoms with E-state index in [1.165, 1.54) is 0 Å². The molecular weight excluding hydrogens is 346 g/mol. The smallest absolute Gasteiger partial charge is 0.274 e. The van der Waals surface area contributed by atoms with E-state index in [1.807, 2.05) is 0 Å². The third kappa shape index (κ3) is 5.48. The molecule has 1 aromatic carbocycles. The lowest BCUT2D eigenvalue weighted by Crippen LogP contribution is -2.14. The number of benzene rings is 1. The van der Waals surface area contributed by atoms with Crippen molar-refractivity contribution in [3.05, 3.63) is 28.3 Å². The first kappa shape index (κ1) is 17.7. The molecule has 0 aliphatic heterocycles. The van der Waals surface area contributed by atoms with Gasteiger partial charge in [-0.2, -0.15) is 0 Å². The summed E-state index contributed by atoms with van der Waals surface area (Å²) >= 11 is 0. The van der Waals surface area contributed by atoms with Gasteiger partial charge in [-0.1, -0.05) is 0 Å². The quantitative estimate of drug-likeness (QED) is 0.410. The summed E-state index contributed by atoms with van der Waals surface area (Å²) in [6.07, 6.45) is 0. The van der Waals surface area contributed by atoms with Crippen LogP contribution in [0.25, 0.3) is 0 Å². The van der Waals surface area contributed by atoms with Crippen molar-refractivity contribution in [1.82, 2.24) is 0 Å². The number of nitro benzene ring substituents is 1. The van der Waals surface area contributed by atoms with Crippen LogP contribution in [0.15, 0.2) is 23.1 Å². The molecule has 1 rings (SSSR count). The first-order valence-corrected chi connectivity index (χ1v) is 9.75. The van der Waals surface area contributed by atoms with E-state index in [2.05, 4.69) is 0 Å². The average Bonchev–Trinajstić information content (AvgIpc) is 2.36. The molecule has 0 aliphatic rings. The maximum atomic E-state index is 12.0. The molecule has 0 radical (unpaired) electrons. The highest BCUT2D eigenvalue weighted by atomic mass is 35.7. The molecule has 8 nitrogen and oxygen atoms in total. The number of nitrogens with zero attached hydrogens (tertiary/aromatic N) is 1. The van der Waals surface area contributed by atoms with Gasteiger partial charge in [-0.05, 0) is 13.0 Å². The Morgan fingerprint density at radius 1 is 1.19 bits per heavy atom. The zero-order valence-corrected chi connectivity index (χ0v) is 13.2. The number of ether oxygens (including phenoxy) is 1. The van der Waals surface area contributed by atoms with E-state index in [9.17, 15) is 26.9 Å². The van der Waals surface area contributed by atoms with Gasteiger partial charge < -0.3 is 4.74 Å². The molecule has 0 unspecified atom stereocenters. The van der Waals surface area contributed by atoms with Crippen LogP contribution in [0.4, 0.5) is 5.69 Å². The van der Waals surface area contributed by atoms with Crippen LogP contribution in [-0.2, 0) is 18.9 Å². The van der Waals surface area contributed by atoms with Crippen LogP contribution in [-0.4, -0.2) is 39.9 Å². The van der Waals surface area contributed by atoms with Crippen molar-refractivity contribution in [3.8, 4) is 5.75 Å². The Morgan fingerprint density at radius 3 is 2.29 bits per heavy atom. The minimum Gasteiger partial charge on any atom is -0.494 e. The van der Waals surface area contributed by atoms with Gasteiger partial charge in [0.1, 0.15) is 5.75 Å². The summed E-state index contributed by atoms with van der Waals surface area (Å²) in [5.74, 6) is -1.55. The molecular formula is C10H12ClNO7S2. The molecule has 118 valence electrons. The average molecular weight is 358 g/mol. The van der Waals surface area contributed by atoms with E-state index in [1.54, 1.807) is 6.92 Å². The largest absolute Gasteiger partial charge is 0.494 e. The van der Waals surface area contributed by atoms with E-state index >= 15 is 0 Å². The molecule has 0 saturated heterocycles. The minimum absolute atomic E-state index is 0.0130. The monoisotopic (exact) mass is 357 g/mol. The molecule has 0 aromatic heterocycles. The van der Waals surface area contributed by atoms with Crippen LogP contribution in [0, 0.1) is 10.1 Å². The Kier molecular flexibility index (Phi) is 5.54. The van der Waals surface area contributed by atoms with Gasteiger partial charge in [-0.25, -0.2) is 16.8 Å². The summed E-state index contributed by atoms with van der Waals surface area (Å²) in [6.45, 7) is 1.82. The van der Waals surface area contributed by atoms with Crippen molar-refractivity contribution in [3.63, 3.8) is 0 Å². The Labute approximate surface area is 126 Å². The maximum Gasteiger partial charge on any atom is 0.274 e. The molecule has 0 atom stereocenters. The second kappa shape index (κ2) is 6.58. The number of non-ortho nitro benzene ring substituents is 1. The van der Waals surface area contributed by atoms with Gasteiger partial charge in [0.05, 0.1) is 34.0 Å². The Bertz CT molecular complexity index is 743. The fourth-order valence-corrected chi connectivity index (χ4v) is 4.49. The van der Waals surface area contributed by atoms with Gasteiger partial charge >= 0.3 is 0 Å². The van der Waals surface area contributed by atoms with Crippen molar-refractivity contribution < 1.29 is 26.5 Å². The zero-order chi connectivity index (χ0) is 16.3. The van der Waals surface area contributed by atoms with E-state index in [4.69, 9.17) is 15.4 Å². The van der Waals surface area contributed by atoms with Gasteiger partial charge in [0.25, 0.3) is 5.69 Å². The highest BCUT2D eigenvalue weighted by Gasteiger charge is 2.22. The lowest BCUT2D eigenvalue weighted by Gasteiger charge is -2.07. The standard InChI is InChI=1S/C10H12ClNO7S2/c1-2-19-9-5-8(12(13)14)6-10(7-9)20(15,16)3-4-21(11,17)18/h5-7H,2-4H2,1H3. The van der Waals surface area contributed by atoms with Crippen molar-refractivity contribution in [2.75, 3.05) is 18.1 Å². The Hall–Kier alpha value is -1.39. The Morgan fingerprint density at radius 2 is 1.81 bits per heavy atom. The van der Waals surface area contributed by atoms with Gasteiger partial charge in [-0.15, -0.1) is 0 Å². The normalized spacial score (nSPS) is 12.1. The molecule has 11 heteroatoms. The van der Waals surface area contributed by atoms with Gasteiger partial charge in [0, 0.05) is 16.7 Å². The van der Waals surface area contributed by atoms with Crippen LogP contribution in [0.2, 0.25) is 0 Å². The first-order chi connectivity index (χ1) is 9.55. The van der Waals surface area contributed by atoms with E-state index in [0.717, 1.165) is 18.2 Å². The third-order valence-electron chi connectivity index (χ3n) is 2.34. The van der Waals surface area contributed by atoms with Crippen LogP contribution >= 0.6 is 10.7 Å². The lowest BCUT2D eigenvalue weighted by molar-refractivity contribution is -0.385. The summed E-state index contributed by atoms with van der Waals surface area (Å²) in [4.78, 5) is 9.64. The minimum atomic E-state index is -4.04. The van der Waals surface area contributed by atoms with Crippen molar-refractivity contribution in [1.29, 1.82) is 0 Å². The Balaban J connectivity index is 3.24. The summed E-state index contributed by atoms with van der Waals surface area (Å²) in [5.41, 5.74) is -0.465. The third-order valence-corrected chi connectivity index (χ3v) is 5.45. The number of hydrogen-bond donors (Lipinski definition) is 0. The summed E-state index contributed by atoms with van der Waals surface area (Å²) in [6, 6.07) is 3.03. The highest BCUT2D eigenvalue weighted by molar-refractivity contribution is 8.14. The van der Waals surface area contributed by atoms with Crippen molar-refractivity contribution in [2.45, 2.75) is 11.8 Å². The fraction of sp³-hybridized carbons (Fsp3) is 0.400. The van der Waals surface area contributed by atoms with Crippen molar-refractivity contribution >= 4 is 35.3 Å². The number of sulfone groups is 1. The van der Waals surface area contributed by atoms with Gasteiger partial charge in [0.15, 0.2) is 9.84 Å². The van der Waals surface area contributed by atoms with E-state index < -0.39 is 41.0 Å². The molecule has 0 N–H and O–H groups in total. The zero-order valence-electron chi connectivity index (χ0n) is 10.9. The lowest BCUT2D eigenvalue weighted by atomic mass is 10.3. The molecule has 0 heterocycles. The first-order valence-electron chi connectivity index (χ1n) is 5.62. The van der Waals surface area contributed by atoms with Crippen LogP contribution in [0.5, 0.6) is 5.75 Å². The molecule has 21 heavy (non-hydrogen) atoms. The number of halogens is 1. The molecule has 0 fully saturated rings. The fourth-order valence-electron chi connectivity index (χ4n) is 1.42. The molecule has 1 aromatic rings. The second-order valence-corrected chi connectivity index (χ2v) is 8.92. The number of rotatable bonds is 7. The van der Waals surface area contributed by atoms with Crippen LogP contribution in [0.3, 0.4) is 0 Å². The molecule has 0 amide bonds. The van der Waals surface area contributed by atoms with Gasteiger partial charge in [-0.3, -0.25) is 10.1 Å². The summed E-state index contributed by atoms with van der Waals surface area (Å²) in [5, 5.41) is 10.8. The van der Waals surface area contributed by atoms with Crippen LogP contribution < -0.4 is 4.74 Å². The maximum absolute atomic E-state index is 12.0. The second-order valence-electron chi connectivity index (χ2n) is 3.91. The SMILES string of the molecule is CCOc1cc([N+](=O)[O-])cc(S(=O)(=O)CCS(=O)(=O)Cl)c1. The number of hydrogen-bond acceptors (Lipinski definition) is 7. The summed E-state index contributed by atoms with van der Waals surface area (Å²) in [7, 11) is -3.06. The van der Waals surface area contributed by atoms with E-state index in [-0.39, 0.29) is 17.3 Å². The van der Waals surface area contributed by atoms with Gasteiger partial charge in [0.2, 0.25) is 9.05 Å².